The number of piperazine rings is 1. The van der Waals surface area contributed by atoms with Crippen molar-refractivity contribution in [1.29, 1.82) is 0 Å². The quantitative estimate of drug-likeness (QED) is 0.0815. The van der Waals surface area contributed by atoms with Gasteiger partial charge in [-0.15, -0.1) is 11.8 Å². The topological polar surface area (TPSA) is 167 Å². The predicted octanol–water partition coefficient (Wildman–Crippen LogP) is 5.15. The summed E-state index contributed by atoms with van der Waals surface area (Å²) in [6.07, 6.45) is 5.11. The number of ether oxygens (including phenoxy) is 1. The number of carbonyl (C=O) groups excluding carboxylic acids is 3. The number of carbonyl (C=O) groups is 3. The number of aromatic nitrogens is 4. The van der Waals surface area contributed by atoms with Gasteiger partial charge in [-0.25, -0.2) is 15.0 Å². The molecule has 3 aromatic heterocycles. The highest BCUT2D eigenvalue weighted by atomic mass is 35.5. The van der Waals surface area contributed by atoms with Gasteiger partial charge in [0.1, 0.15) is 22.3 Å². The Morgan fingerprint density at radius 1 is 0.926 bits per heavy atom. The van der Waals surface area contributed by atoms with E-state index in [2.05, 4.69) is 51.0 Å². The lowest BCUT2D eigenvalue weighted by atomic mass is 10.1. The summed E-state index contributed by atoms with van der Waals surface area (Å²) < 4.78 is 5.61. The predicted molar refractivity (Wildman–Crippen MR) is 215 cm³/mol. The molecule has 1 aliphatic rings. The molecule has 4 heterocycles. The van der Waals surface area contributed by atoms with E-state index in [4.69, 9.17) is 16.3 Å². The minimum atomic E-state index is -0.296. The van der Waals surface area contributed by atoms with Gasteiger partial charge in [0.2, 0.25) is 5.91 Å². The third kappa shape index (κ3) is 10.2. The number of fused-ring (bicyclic) bond motifs is 1. The maximum absolute atomic E-state index is 12.9. The summed E-state index contributed by atoms with van der Waals surface area (Å²) in [6.45, 7) is 8.14. The van der Waals surface area contributed by atoms with Gasteiger partial charge in [0, 0.05) is 61.8 Å². The van der Waals surface area contributed by atoms with E-state index < -0.39 is 0 Å². The molecular formula is C37H41ClN10O4S2. The van der Waals surface area contributed by atoms with Gasteiger partial charge in [0.05, 0.1) is 47.7 Å². The molecule has 0 radical (unpaired) electrons. The number of anilines is 4. The zero-order valence-electron chi connectivity index (χ0n) is 30.1. The molecule has 14 nitrogen and oxygen atoms in total. The van der Waals surface area contributed by atoms with Crippen molar-refractivity contribution in [2.45, 2.75) is 18.7 Å². The van der Waals surface area contributed by atoms with Crippen molar-refractivity contribution in [3.8, 4) is 0 Å². The number of halogens is 1. The van der Waals surface area contributed by atoms with Crippen molar-refractivity contribution in [3.63, 3.8) is 0 Å². The molecule has 0 spiro atoms. The third-order valence-corrected chi connectivity index (χ3v) is 10.6. The summed E-state index contributed by atoms with van der Waals surface area (Å²) in [7, 11) is 0. The number of amides is 3. The van der Waals surface area contributed by atoms with Crippen molar-refractivity contribution in [3.05, 3.63) is 87.8 Å². The lowest BCUT2D eigenvalue weighted by Crippen LogP contribution is -2.50. The second-order valence-corrected chi connectivity index (χ2v) is 14.7. The van der Waals surface area contributed by atoms with Gasteiger partial charge in [0.25, 0.3) is 11.8 Å². The van der Waals surface area contributed by atoms with E-state index in [0.29, 0.717) is 90.4 Å². The first kappa shape index (κ1) is 38.8. The summed E-state index contributed by atoms with van der Waals surface area (Å²) >= 11 is 9.11. The second-order valence-electron chi connectivity index (χ2n) is 12.4. The van der Waals surface area contributed by atoms with Crippen molar-refractivity contribution < 1.29 is 19.1 Å². The molecule has 4 N–H and O–H groups in total. The third-order valence-electron chi connectivity index (χ3n) is 8.57. The number of thiazole rings is 1. The second kappa shape index (κ2) is 18.4. The number of benzene rings is 2. The van der Waals surface area contributed by atoms with Crippen LogP contribution < -0.4 is 26.2 Å². The Hall–Kier alpha value is -4.87. The average molecular weight is 789 g/mol. The molecule has 1 saturated heterocycles. The van der Waals surface area contributed by atoms with Gasteiger partial charge in [-0.05, 0) is 43.9 Å². The van der Waals surface area contributed by atoms with Crippen LogP contribution in [0.25, 0.3) is 10.9 Å². The number of hydrogen-bond donors (Lipinski definition) is 4. The molecule has 0 saturated carbocycles. The molecule has 0 aliphatic carbocycles. The van der Waals surface area contributed by atoms with E-state index in [1.165, 1.54) is 17.5 Å². The van der Waals surface area contributed by atoms with Crippen LogP contribution in [0.1, 0.15) is 31.4 Å². The number of rotatable bonds is 15. The first-order chi connectivity index (χ1) is 26.2. The monoisotopic (exact) mass is 788 g/mol. The van der Waals surface area contributed by atoms with E-state index in [1.54, 1.807) is 24.0 Å². The molecule has 2 aromatic carbocycles. The molecule has 0 unspecified atom stereocenters. The smallest absolute Gasteiger partial charge is 0.267 e. The molecule has 17 heteroatoms. The molecule has 3 amide bonds. The maximum Gasteiger partial charge on any atom is 0.267 e. The Bertz CT molecular complexity index is 2110. The van der Waals surface area contributed by atoms with Gasteiger partial charge < -0.3 is 30.9 Å². The first-order valence-corrected chi connectivity index (χ1v) is 19.8. The van der Waals surface area contributed by atoms with Crippen LogP contribution in [0.15, 0.2) is 65.8 Å². The Morgan fingerprint density at radius 2 is 1.70 bits per heavy atom. The standard InChI is InChI=1S/C37H41ClN10O4S2/c1-23-6-4-8-27(38)33(23)46-36(51)29-21-42-37(54-29)45-30-19-31(44-24(2)43-30)48-14-12-47(13-15-48)22-32(49)39-10-16-52-17-11-40-35(50)26-18-25-7-5-9-28(53-3)34(25)41-20-26/h4-9,18-21H,10-17,22H2,1-3H3,(H,39,49)(H,40,50)(H,46,51)(H,42,43,44,45). The summed E-state index contributed by atoms with van der Waals surface area (Å²) in [6, 6.07) is 15.1. The van der Waals surface area contributed by atoms with E-state index in [-0.39, 0.29) is 24.3 Å². The van der Waals surface area contributed by atoms with Crippen LogP contribution in [0.4, 0.5) is 22.5 Å². The molecule has 5 aromatic rings. The van der Waals surface area contributed by atoms with E-state index >= 15 is 0 Å². The van der Waals surface area contributed by atoms with E-state index in [1.807, 2.05) is 62.6 Å². The molecule has 0 atom stereocenters. The van der Waals surface area contributed by atoms with Crippen LogP contribution in [0, 0.1) is 13.8 Å². The number of nitrogens with zero attached hydrogens (tertiary/aromatic N) is 6. The van der Waals surface area contributed by atoms with Crippen molar-refractivity contribution in [2.75, 3.05) is 80.8 Å². The van der Waals surface area contributed by atoms with Crippen LogP contribution in [0.3, 0.4) is 0 Å². The molecule has 6 rings (SSSR count). The van der Waals surface area contributed by atoms with Crippen molar-refractivity contribution in [2.24, 2.45) is 0 Å². The van der Waals surface area contributed by atoms with Gasteiger partial charge in [0.15, 0.2) is 5.13 Å². The van der Waals surface area contributed by atoms with Crippen molar-refractivity contribution in [1.82, 2.24) is 35.5 Å². The largest absolute Gasteiger partial charge is 0.378 e. The zero-order chi connectivity index (χ0) is 38.0. The number of pyridine rings is 1. The van der Waals surface area contributed by atoms with Crippen LogP contribution in [-0.2, 0) is 9.53 Å². The lowest BCUT2D eigenvalue weighted by molar-refractivity contribution is -0.122. The van der Waals surface area contributed by atoms with Crippen LogP contribution in [0.5, 0.6) is 0 Å². The number of nitrogens with one attached hydrogen (secondary N) is 4. The summed E-state index contributed by atoms with van der Waals surface area (Å²) in [5, 5.41) is 13.8. The summed E-state index contributed by atoms with van der Waals surface area (Å²) in [5.74, 6) is 1.36. The number of para-hydroxylation sites is 2. The summed E-state index contributed by atoms with van der Waals surface area (Å²) in [5.41, 5.74) is 2.82. The van der Waals surface area contributed by atoms with Crippen LogP contribution in [-0.4, -0.2) is 108 Å². The van der Waals surface area contributed by atoms with Gasteiger partial charge in [-0.1, -0.05) is 47.2 Å². The fourth-order valence-corrected chi connectivity index (χ4v) is 7.38. The highest BCUT2D eigenvalue weighted by Gasteiger charge is 2.21. The minimum Gasteiger partial charge on any atom is -0.378 e. The molecule has 282 valence electrons. The van der Waals surface area contributed by atoms with Gasteiger partial charge in [-0.2, -0.15) is 0 Å². The zero-order valence-corrected chi connectivity index (χ0v) is 32.5. The number of thioether (sulfide) groups is 1. The number of hydrogen-bond acceptors (Lipinski definition) is 13. The van der Waals surface area contributed by atoms with E-state index in [0.717, 1.165) is 27.2 Å². The summed E-state index contributed by atoms with van der Waals surface area (Å²) in [4.78, 5) is 61.8. The van der Waals surface area contributed by atoms with Crippen LogP contribution in [0.2, 0.25) is 5.02 Å². The molecule has 1 aliphatic heterocycles. The van der Waals surface area contributed by atoms with E-state index in [9.17, 15) is 14.4 Å². The number of aryl methyl sites for hydroxylation is 2. The highest BCUT2D eigenvalue weighted by Crippen LogP contribution is 2.29. The highest BCUT2D eigenvalue weighted by molar-refractivity contribution is 7.98. The van der Waals surface area contributed by atoms with Gasteiger partial charge >= 0.3 is 0 Å². The lowest BCUT2D eigenvalue weighted by Gasteiger charge is -2.35. The normalized spacial score (nSPS) is 13.1. The Labute approximate surface area is 326 Å². The molecule has 0 bridgehead atoms. The van der Waals surface area contributed by atoms with Crippen LogP contribution >= 0.6 is 34.7 Å². The fraction of sp³-hybridized carbons (Fsp3) is 0.324. The fourth-order valence-electron chi connectivity index (χ4n) is 5.81. The Balaban J connectivity index is 0.877. The minimum absolute atomic E-state index is 0.0725. The Morgan fingerprint density at radius 3 is 2.48 bits per heavy atom. The van der Waals surface area contributed by atoms with Crippen molar-refractivity contribution >= 4 is 85.8 Å². The Kier molecular flexibility index (Phi) is 13.3. The molecule has 1 fully saturated rings. The average Bonchev–Trinajstić information content (AvgIpc) is 3.64. The van der Waals surface area contributed by atoms with Gasteiger partial charge in [-0.3, -0.25) is 24.3 Å². The first-order valence-electron chi connectivity index (χ1n) is 17.3. The SMILES string of the molecule is CSc1cccc2cc(C(=O)NCCOCCNC(=O)CN3CCN(c4cc(Nc5ncc(C(=O)Nc6c(C)cccc6Cl)s5)nc(C)n4)CC3)cnc12. The maximum atomic E-state index is 12.9. The molecular weight excluding hydrogens is 748 g/mol. The molecule has 54 heavy (non-hydrogen) atoms.